The third-order valence-electron chi connectivity index (χ3n) is 4.08. The van der Waals surface area contributed by atoms with Crippen molar-refractivity contribution in [2.45, 2.75) is 64.7 Å². The van der Waals surface area contributed by atoms with Crippen molar-refractivity contribution in [1.29, 1.82) is 0 Å². The van der Waals surface area contributed by atoms with Crippen LogP contribution >= 0.6 is 0 Å². The molecule has 0 amide bonds. The molecule has 0 radical (unpaired) electrons. The topological polar surface area (TPSA) is 33.7 Å². The van der Waals surface area contributed by atoms with Crippen LogP contribution in [-0.4, -0.2) is 57.1 Å². The highest BCUT2D eigenvalue weighted by molar-refractivity contribution is 4.73. The minimum Gasteiger partial charge on any atom is -0.352 e. The fourth-order valence-electron chi connectivity index (χ4n) is 2.92. The van der Waals surface area contributed by atoms with Crippen molar-refractivity contribution in [1.82, 2.24) is 10.2 Å². The summed E-state index contributed by atoms with van der Waals surface area (Å²) in [5, 5.41) is 3.44. The first kappa shape index (κ1) is 17.9. The first-order chi connectivity index (χ1) is 9.77. The summed E-state index contributed by atoms with van der Waals surface area (Å²) in [5.41, 5.74) is 0. The SMILES string of the molecule is CCOC(CNCCCN(C)C1CCCCC1)OCC. The molecule has 0 aromatic heterocycles. The molecule has 4 heteroatoms. The van der Waals surface area contributed by atoms with Gasteiger partial charge in [0.1, 0.15) is 0 Å². The average molecular weight is 286 g/mol. The van der Waals surface area contributed by atoms with Crippen LogP contribution in [0.25, 0.3) is 0 Å². The van der Waals surface area contributed by atoms with E-state index < -0.39 is 0 Å². The molecular formula is C16H34N2O2. The molecule has 0 bridgehead atoms. The molecule has 0 aromatic carbocycles. The third-order valence-corrected chi connectivity index (χ3v) is 4.08. The standard InChI is InChI=1S/C16H34N2O2/c1-4-19-16(20-5-2)14-17-12-9-13-18(3)15-10-7-6-8-11-15/h15-17H,4-14H2,1-3H3. The van der Waals surface area contributed by atoms with Gasteiger partial charge in [0.05, 0.1) is 0 Å². The van der Waals surface area contributed by atoms with Gasteiger partial charge in [-0.05, 0) is 53.2 Å². The van der Waals surface area contributed by atoms with Gasteiger partial charge in [-0.2, -0.15) is 0 Å². The number of nitrogens with one attached hydrogen (secondary N) is 1. The summed E-state index contributed by atoms with van der Waals surface area (Å²) in [6.07, 6.45) is 8.14. The van der Waals surface area contributed by atoms with E-state index in [4.69, 9.17) is 9.47 Å². The molecule has 0 spiro atoms. The molecule has 0 atom stereocenters. The van der Waals surface area contributed by atoms with Crippen molar-refractivity contribution in [3.63, 3.8) is 0 Å². The number of nitrogens with zero attached hydrogens (tertiary/aromatic N) is 1. The lowest BCUT2D eigenvalue weighted by Crippen LogP contribution is -2.36. The molecule has 0 aromatic rings. The monoisotopic (exact) mass is 286 g/mol. The summed E-state index contributed by atoms with van der Waals surface area (Å²) in [7, 11) is 2.28. The zero-order valence-corrected chi connectivity index (χ0v) is 13.7. The fourth-order valence-corrected chi connectivity index (χ4v) is 2.92. The van der Waals surface area contributed by atoms with E-state index in [0.717, 1.165) is 19.1 Å². The minimum absolute atomic E-state index is 0.0962. The molecule has 1 saturated carbocycles. The van der Waals surface area contributed by atoms with Gasteiger partial charge < -0.3 is 19.7 Å². The highest BCUT2D eigenvalue weighted by Gasteiger charge is 2.17. The summed E-state index contributed by atoms with van der Waals surface area (Å²) in [5.74, 6) is 0. The second kappa shape index (κ2) is 11.5. The number of ether oxygens (including phenoxy) is 2. The minimum atomic E-state index is -0.0962. The molecule has 0 aliphatic heterocycles. The van der Waals surface area contributed by atoms with Crippen LogP contribution < -0.4 is 5.32 Å². The van der Waals surface area contributed by atoms with Gasteiger partial charge in [-0.3, -0.25) is 0 Å². The summed E-state index contributed by atoms with van der Waals surface area (Å²) in [6, 6.07) is 0.823. The predicted octanol–water partition coefficient (Wildman–Crippen LogP) is 2.63. The Labute approximate surface area is 125 Å². The molecule has 0 heterocycles. The van der Waals surface area contributed by atoms with Crippen molar-refractivity contribution in [3.8, 4) is 0 Å². The zero-order chi connectivity index (χ0) is 14.6. The highest BCUT2D eigenvalue weighted by Crippen LogP contribution is 2.21. The number of hydrogen-bond acceptors (Lipinski definition) is 4. The third kappa shape index (κ3) is 7.58. The van der Waals surface area contributed by atoms with E-state index in [1.54, 1.807) is 0 Å². The van der Waals surface area contributed by atoms with Gasteiger partial charge in [-0.25, -0.2) is 0 Å². The fraction of sp³-hybridized carbons (Fsp3) is 1.00. The van der Waals surface area contributed by atoms with E-state index >= 15 is 0 Å². The largest absolute Gasteiger partial charge is 0.352 e. The van der Waals surface area contributed by atoms with Crippen LogP contribution in [0.1, 0.15) is 52.4 Å². The molecule has 1 rings (SSSR count). The summed E-state index contributed by atoms with van der Waals surface area (Å²) in [4.78, 5) is 2.55. The molecule has 0 saturated heterocycles. The quantitative estimate of drug-likeness (QED) is 0.468. The number of hydrogen-bond donors (Lipinski definition) is 1. The molecule has 1 N–H and O–H groups in total. The highest BCUT2D eigenvalue weighted by atomic mass is 16.7. The van der Waals surface area contributed by atoms with E-state index in [9.17, 15) is 0 Å². The Morgan fingerprint density at radius 3 is 2.35 bits per heavy atom. The lowest BCUT2D eigenvalue weighted by molar-refractivity contribution is -0.132. The van der Waals surface area contributed by atoms with Crippen LogP contribution in [0.15, 0.2) is 0 Å². The normalized spacial score (nSPS) is 17.2. The molecule has 1 fully saturated rings. The van der Waals surface area contributed by atoms with Gasteiger partial charge in [-0.1, -0.05) is 19.3 Å². The second-order valence-electron chi connectivity index (χ2n) is 5.67. The second-order valence-corrected chi connectivity index (χ2v) is 5.67. The van der Waals surface area contributed by atoms with Crippen molar-refractivity contribution in [2.24, 2.45) is 0 Å². The van der Waals surface area contributed by atoms with Crippen molar-refractivity contribution in [2.75, 3.05) is 39.9 Å². The smallest absolute Gasteiger partial charge is 0.169 e. The molecular weight excluding hydrogens is 252 g/mol. The Hall–Kier alpha value is -0.160. The molecule has 20 heavy (non-hydrogen) atoms. The van der Waals surface area contributed by atoms with E-state index in [-0.39, 0.29) is 6.29 Å². The Balaban J connectivity index is 2.02. The predicted molar refractivity (Wildman–Crippen MR) is 84.0 cm³/mol. The maximum atomic E-state index is 5.51. The molecule has 1 aliphatic rings. The van der Waals surface area contributed by atoms with E-state index in [1.807, 2.05) is 13.8 Å². The zero-order valence-electron chi connectivity index (χ0n) is 13.7. The van der Waals surface area contributed by atoms with Gasteiger partial charge in [0, 0.05) is 25.8 Å². The van der Waals surface area contributed by atoms with Gasteiger partial charge >= 0.3 is 0 Å². The Morgan fingerprint density at radius 1 is 1.10 bits per heavy atom. The van der Waals surface area contributed by atoms with E-state index in [2.05, 4.69) is 17.3 Å². The van der Waals surface area contributed by atoms with Gasteiger partial charge in [-0.15, -0.1) is 0 Å². The average Bonchev–Trinajstić information content (AvgIpc) is 2.48. The Kier molecular flexibility index (Phi) is 10.3. The lowest BCUT2D eigenvalue weighted by Gasteiger charge is -2.31. The maximum Gasteiger partial charge on any atom is 0.169 e. The molecule has 1 aliphatic carbocycles. The van der Waals surface area contributed by atoms with Crippen LogP contribution in [0, 0.1) is 0 Å². The van der Waals surface area contributed by atoms with Gasteiger partial charge in [0.25, 0.3) is 0 Å². The Bertz CT molecular complexity index is 215. The van der Waals surface area contributed by atoms with Crippen LogP contribution in [0.3, 0.4) is 0 Å². The van der Waals surface area contributed by atoms with Gasteiger partial charge in [0.15, 0.2) is 6.29 Å². The van der Waals surface area contributed by atoms with Crippen LogP contribution in [0.5, 0.6) is 0 Å². The molecule has 0 unspecified atom stereocenters. The number of rotatable bonds is 11. The summed E-state index contributed by atoms with van der Waals surface area (Å²) in [6.45, 7) is 8.43. The van der Waals surface area contributed by atoms with Crippen molar-refractivity contribution < 1.29 is 9.47 Å². The maximum absolute atomic E-state index is 5.51. The Morgan fingerprint density at radius 2 is 1.75 bits per heavy atom. The molecule has 4 nitrogen and oxygen atoms in total. The van der Waals surface area contributed by atoms with E-state index in [1.165, 1.54) is 45.1 Å². The van der Waals surface area contributed by atoms with E-state index in [0.29, 0.717) is 13.2 Å². The summed E-state index contributed by atoms with van der Waals surface area (Å²) >= 11 is 0. The van der Waals surface area contributed by atoms with Crippen molar-refractivity contribution in [3.05, 3.63) is 0 Å². The lowest BCUT2D eigenvalue weighted by atomic mass is 9.94. The van der Waals surface area contributed by atoms with Crippen molar-refractivity contribution >= 4 is 0 Å². The first-order valence-corrected chi connectivity index (χ1v) is 8.42. The first-order valence-electron chi connectivity index (χ1n) is 8.42. The van der Waals surface area contributed by atoms with Gasteiger partial charge in [0.2, 0.25) is 0 Å². The summed E-state index contributed by atoms with van der Waals surface area (Å²) < 4.78 is 11.0. The molecule has 120 valence electrons. The van der Waals surface area contributed by atoms with Crippen LogP contribution in [0.4, 0.5) is 0 Å². The van der Waals surface area contributed by atoms with Crippen LogP contribution in [-0.2, 0) is 9.47 Å². The van der Waals surface area contributed by atoms with Crippen LogP contribution in [0.2, 0.25) is 0 Å².